The second-order valence-corrected chi connectivity index (χ2v) is 13.9. The highest BCUT2D eigenvalue weighted by Crippen LogP contribution is 2.34. The number of fused-ring (bicyclic) bond motifs is 1. The summed E-state index contributed by atoms with van der Waals surface area (Å²) in [6.07, 6.45) is 4.32. The third-order valence-electron chi connectivity index (χ3n) is 10.2. The number of benzene rings is 1. The molecule has 1 saturated carbocycles. The predicted octanol–water partition coefficient (Wildman–Crippen LogP) is 4.32. The summed E-state index contributed by atoms with van der Waals surface area (Å²) in [7, 11) is 0. The van der Waals surface area contributed by atoms with Gasteiger partial charge >= 0.3 is 0 Å². The number of pyridine rings is 1. The molecule has 1 atom stereocenters. The molecule has 0 bridgehead atoms. The van der Waals surface area contributed by atoms with Crippen molar-refractivity contribution in [1.82, 2.24) is 34.9 Å². The number of carbonyl (C=O) groups excluding carboxylic acids is 5. The molecule has 1 aliphatic carbocycles. The van der Waals surface area contributed by atoms with E-state index >= 15 is 4.39 Å². The fourth-order valence-corrected chi connectivity index (χ4v) is 7.04. The molecule has 5 amide bonds. The molecular formula is C36H34F3N9O6. The van der Waals surface area contributed by atoms with Gasteiger partial charge in [-0.15, -0.1) is 0 Å². The Hall–Kier alpha value is -5.91. The molecule has 280 valence electrons. The average molecular weight is 746 g/mol. The summed E-state index contributed by atoms with van der Waals surface area (Å²) in [5, 5.41) is 12.0. The number of imide groups is 2. The maximum atomic E-state index is 15.8. The van der Waals surface area contributed by atoms with Crippen molar-refractivity contribution in [2.24, 2.45) is 5.92 Å². The molecule has 3 aromatic heterocycles. The normalized spacial score (nSPS) is 19.4. The second-order valence-electron chi connectivity index (χ2n) is 13.9. The molecule has 8 rings (SSSR count). The standard InChI is InChI=1S/C36H34F3N9O6/c37-29-20(3-4-22-28(29)36(53)48(35(22)52)25-5-6-27(49)44-33(25)51)15-46-11-8-21(9-12-46)47-16-23(30(45-47)31(38)39)42-32(50)24-17-54-34(43-24)19-7-10-40-26(13-19)41-14-18-1-2-18/h3-4,7,10,13,16-18,21,25,31H,1-2,5-6,8-9,11-12,14-15H2,(H,40,41)(H,42,50)(H,44,49,51). The van der Waals surface area contributed by atoms with Crippen LogP contribution in [0.15, 0.2) is 47.3 Å². The van der Waals surface area contributed by atoms with Crippen molar-refractivity contribution in [3.8, 4) is 11.5 Å². The molecule has 0 radical (unpaired) electrons. The van der Waals surface area contributed by atoms with Gasteiger partial charge in [0.1, 0.15) is 23.9 Å². The van der Waals surface area contributed by atoms with Gasteiger partial charge in [0.05, 0.1) is 22.9 Å². The molecule has 4 aliphatic rings. The highest BCUT2D eigenvalue weighted by Gasteiger charge is 2.46. The molecule has 1 unspecified atom stereocenters. The van der Waals surface area contributed by atoms with Gasteiger partial charge < -0.3 is 15.1 Å². The van der Waals surface area contributed by atoms with Crippen LogP contribution in [0.5, 0.6) is 0 Å². The minimum atomic E-state index is -2.98. The zero-order valence-corrected chi connectivity index (χ0v) is 28.7. The van der Waals surface area contributed by atoms with Crippen molar-refractivity contribution in [2.75, 3.05) is 30.3 Å². The first-order valence-electron chi connectivity index (χ1n) is 17.6. The van der Waals surface area contributed by atoms with E-state index in [1.165, 1.54) is 35.9 Å². The van der Waals surface area contributed by atoms with Crippen LogP contribution in [0.25, 0.3) is 11.5 Å². The van der Waals surface area contributed by atoms with Gasteiger partial charge in [-0.2, -0.15) is 5.10 Å². The Bertz CT molecular complexity index is 2180. The topological polar surface area (TPSA) is 185 Å². The lowest BCUT2D eigenvalue weighted by Gasteiger charge is -2.32. The van der Waals surface area contributed by atoms with Gasteiger partial charge in [-0.25, -0.2) is 23.1 Å². The van der Waals surface area contributed by atoms with E-state index in [1.54, 1.807) is 18.3 Å². The molecule has 6 heterocycles. The van der Waals surface area contributed by atoms with Crippen molar-refractivity contribution in [3.05, 3.63) is 76.8 Å². The molecule has 3 aliphatic heterocycles. The Kier molecular flexibility index (Phi) is 9.21. The van der Waals surface area contributed by atoms with Crippen LogP contribution >= 0.6 is 0 Å². The average Bonchev–Trinajstić information content (AvgIpc) is 3.56. The number of hydrogen-bond donors (Lipinski definition) is 3. The maximum Gasteiger partial charge on any atom is 0.284 e. The maximum absolute atomic E-state index is 15.8. The largest absolute Gasteiger partial charge is 0.444 e. The third kappa shape index (κ3) is 6.83. The number of anilines is 2. The summed E-state index contributed by atoms with van der Waals surface area (Å²) < 4.78 is 50.9. The molecule has 1 aromatic carbocycles. The number of nitrogens with one attached hydrogen (secondary N) is 3. The molecule has 3 fully saturated rings. The van der Waals surface area contributed by atoms with Crippen LogP contribution < -0.4 is 16.0 Å². The first kappa shape index (κ1) is 35.1. The Balaban J connectivity index is 0.898. The number of oxazole rings is 1. The molecule has 15 nitrogen and oxygen atoms in total. The Morgan fingerprint density at radius 2 is 1.83 bits per heavy atom. The van der Waals surface area contributed by atoms with Crippen molar-refractivity contribution in [1.29, 1.82) is 0 Å². The molecule has 2 saturated heterocycles. The lowest BCUT2D eigenvalue weighted by Crippen LogP contribution is -2.54. The smallest absolute Gasteiger partial charge is 0.284 e. The lowest BCUT2D eigenvalue weighted by molar-refractivity contribution is -0.136. The molecule has 3 N–H and O–H groups in total. The van der Waals surface area contributed by atoms with Crippen molar-refractivity contribution in [3.63, 3.8) is 0 Å². The Morgan fingerprint density at radius 3 is 2.57 bits per heavy atom. The van der Waals surface area contributed by atoms with Gasteiger partial charge in [-0.3, -0.25) is 43.8 Å². The van der Waals surface area contributed by atoms with Crippen molar-refractivity contribution < 1.29 is 41.6 Å². The van der Waals surface area contributed by atoms with Crippen LogP contribution in [0.2, 0.25) is 0 Å². The first-order valence-corrected chi connectivity index (χ1v) is 17.6. The predicted molar refractivity (Wildman–Crippen MR) is 183 cm³/mol. The molecule has 18 heteroatoms. The number of piperidine rings is 2. The number of halogens is 3. The van der Waals surface area contributed by atoms with E-state index in [1.807, 2.05) is 4.90 Å². The van der Waals surface area contributed by atoms with Crippen LogP contribution in [0.3, 0.4) is 0 Å². The molecule has 4 aromatic rings. The minimum absolute atomic E-state index is 0.0446. The van der Waals surface area contributed by atoms with Gasteiger partial charge in [-0.1, -0.05) is 6.07 Å². The number of rotatable bonds is 11. The van der Waals surface area contributed by atoms with E-state index < -0.39 is 59.1 Å². The monoisotopic (exact) mass is 745 g/mol. The number of alkyl halides is 2. The van der Waals surface area contributed by atoms with E-state index in [4.69, 9.17) is 4.42 Å². The number of amides is 5. The van der Waals surface area contributed by atoms with E-state index in [0.29, 0.717) is 48.1 Å². The van der Waals surface area contributed by atoms with E-state index in [-0.39, 0.29) is 53.8 Å². The van der Waals surface area contributed by atoms with Crippen LogP contribution in [0, 0.1) is 11.7 Å². The minimum Gasteiger partial charge on any atom is -0.444 e. The van der Waals surface area contributed by atoms with Crippen LogP contribution in [-0.4, -0.2) is 84.8 Å². The van der Waals surface area contributed by atoms with Crippen LogP contribution in [-0.2, 0) is 16.1 Å². The molecule has 54 heavy (non-hydrogen) atoms. The van der Waals surface area contributed by atoms with Gasteiger partial charge in [0, 0.05) is 56.1 Å². The lowest BCUT2D eigenvalue weighted by atomic mass is 10.0. The zero-order valence-electron chi connectivity index (χ0n) is 28.7. The number of likely N-dealkylation sites (tertiary alicyclic amines) is 1. The summed E-state index contributed by atoms with van der Waals surface area (Å²) in [6, 6.07) is 4.72. The third-order valence-corrected chi connectivity index (χ3v) is 10.2. The number of nitrogens with zero attached hydrogens (tertiary/aromatic N) is 6. The summed E-state index contributed by atoms with van der Waals surface area (Å²) in [4.78, 5) is 74.5. The number of carbonyl (C=O) groups is 5. The highest BCUT2D eigenvalue weighted by atomic mass is 19.3. The van der Waals surface area contributed by atoms with Gasteiger partial charge in [0.25, 0.3) is 24.1 Å². The summed E-state index contributed by atoms with van der Waals surface area (Å²) in [5.74, 6) is -3.17. The quantitative estimate of drug-likeness (QED) is 0.186. The fourth-order valence-electron chi connectivity index (χ4n) is 7.04. The summed E-state index contributed by atoms with van der Waals surface area (Å²) in [6.45, 7) is 1.77. The zero-order chi connectivity index (χ0) is 37.7. The summed E-state index contributed by atoms with van der Waals surface area (Å²) >= 11 is 0. The second kappa shape index (κ2) is 14.1. The van der Waals surface area contributed by atoms with Crippen molar-refractivity contribution in [2.45, 2.75) is 63.6 Å². The van der Waals surface area contributed by atoms with Gasteiger partial charge in [0.15, 0.2) is 11.4 Å². The number of aromatic nitrogens is 4. The van der Waals surface area contributed by atoms with Crippen LogP contribution in [0.4, 0.5) is 24.7 Å². The van der Waals surface area contributed by atoms with Crippen LogP contribution in [0.1, 0.15) is 93.5 Å². The van der Waals surface area contributed by atoms with Gasteiger partial charge in [-0.05, 0) is 56.2 Å². The first-order chi connectivity index (χ1) is 26.0. The van der Waals surface area contributed by atoms with Crippen molar-refractivity contribution >= 4 is 41.0 Å². The Labute approximate surface area is 305 Å². The van der Waals surface area contributed by atoms with Gasteiger partial charge in [0.2, 0.25) is 17.7 Å². The fraction of sp³-hybridized carbons (Fsp3) is 0.389. The Morgan fingerprint density at radius 1 is 1.04 bits per heavy atom. The molecular weight excluding hydrogens is 711 g/mol. The SMILES string of the molecule is O=C1CCC(N2C(=O)c3ccc(CN4CCC(n5cc(NC(=O)c6coc(-c7ccnc(NCC8CC8)c7)n6)c(C(F)F)n5)CC4)c(F)c3C2=O)C(=O)N1. The highest BCUT2D eigenvalue weighted by molar-refractivity contribution is 6.23. The molecule has 0 spiro atoms. The summed E-state index contributed by atoms with van der Waals surface area (Å²) in [5.41, 5.74) is -0.660. The van der Waals surface area contributed by atoms with E-state index in [9.17, 15) is 32.8 Å². The number of hydrogen-bond acceptors (Lipinski definition) is 11. The van der Waals surface area contributed by atoms with E-state index in [2.05, 4.69) is 31.0 Å². The van der Waals surface area contributed by atoms with E-state index in [0.717, 1.165) is 12.8 Å².